The largest absolute Gasteiger partial charge is 0.480 e. The van der Waals surface area contributed by atoms with Crippen LogP contribution >= 0.6 is 0 Å². The van der Waals surface area contributed by atoms with Gasteiger partial charge in [0.05, 0.1) is 0 Å². The molecule has 6 nitrogen and oxygen atoms in total. The maximum atomic E-state index is 10.6. The van der Waals surface area contributed by atoms with Crippen LogP contribution in [0.25, 0.3) is 5.65 Å². The highest BCUT2D eigenvalue weighted by atomic mass is 16.4. The summed E-state index contributed by atoms with van der Waals surface area (Å²) in [6.07, 6.45) is 1.97. The third-order valence-electron chi connectivity index (χ3n) is 2.24. The van der Waals surface area contributed by atoms with E-state index in [2.05, 4.69) is 10.1 Å². The fraction of sp³-hybridized carbons (Fsp3) is 0.300. The number of carboxylic acid groups (broad SMARTS) is 1. The van der Waals surface area contributed by atoms with E-state index < -0.39 is 12.0 Å². The molecule has 6 heteroatoms. The Bertz CT molecular complexity index is 535. The number of carboxylic acids is 1. The molecule has 0 aromatic carbocycles. The monoisotopic (exact) mass is 220 g/mol. The number of pyridine rings is 1. The third-order valence-corrected chi connectivity index (χ3v) is 2.24. The Balaban J connectivity index is 2.29. The highest BCUT2D eigenvalue weighted by Gasteiger charge is 2.15. The minimum absolute atomic E-state index is 0.135. The SMILES string of the molecule is Cc1ccc2nc(CC(N)C(=O)O)nn2c1. The standard InChI is InChI=1S/C10H12N4O2/c1-6-2-3-9-12-8(13-14(9)5-6)4-7(11)10(15)16/h2-3,5,7H,4,11H2,1H3,(H,15,16). The molecule has 0 saturated heterocycles. The first-order valence-corrected chi connectivity index (χ1v) is 4.86. The van der Waals surface area contributed by atoms with E-state index in [1.165, 1.54) is 0 Å². The number of aryl methyl sites for hydroxylation is 1. The van der Waals surface area contributed by atoms with Crippen molar-refractivity contribution in [3.05, 3.63) is 29.7 Å². The molecule has 0 amide bonds. The fourth-order valence-electron chi connectivity index (χ4n) is 1.40. The number of aromatic nitrogens is 3. The van der Waals surface area contributed by atoms with E-state index in [0.717, 1.165) is 5.56 Å². The van der Waals surface area contributed by atoms with E-state index in [1.807, 2.05) is 25.3 Å². The summed E-state index contributed by atoms with van der Waals surface area (Å²) >= 11 is 0. The first kappa shape index (κ1) is 10.6. The molecule has 0 radical (unpaired) electrons. The molecule has 0 spiro atoms. The highest BCUT2D eigenvalue weighted by molar-refractivity contribution is 5.73. The third kappa shape index (κ3) is 2.01. The topological polar surface area (TPSA) is 93.5 Å². The molecule has 1 unspecified atom stereocenters. The summed E-state index contributed by atoms with van der Waals surface area (Å²) < 4.78 is 1.62. The van der Waals surface area contributed by atoms with Crippen LogP contribution in [-0.2, 0) is 11.2 Å². The molecule has 0 aliphatic carbocycles. The van der Waals surface area contributed by atoms with Gasteiger partial charge in [0.2, 0.25) is 0 Å². The maximum absolute atomic E-state index is 10.6. The van der Waals surface area contributed by atoms with Crippen LogP contribution in [0.1, 0.15) is 11.4 Å². The van der Waals surface area contributed by atoms with Crippen molar-refractivity contribution in [2.45, 2.75) is 19.4 Å². The van der Waals surface area contributed by atoms with Crippen molar-refractivity contribution >= 4 is 11.6 Å². The summed E-state index contributed by atoms with van der Waals surface area (Å²) in [6.45, 7) is 1.95. The summed E-state index contributed by atoms with van der Waals surface area (Å²) in [4.78, 5) is 14.8. The van der Waals surface area contributed by atoms with E-state index >= 15 is 0 Å². The summed E-state index contributed by atoms with van der Waals surface area (Å²) in [5.41, 5.74) is 7.17. The van der Waals surface area contributed by atoms with E-state index in [4.69, 9.17) is 10.8 Å². The van der Waals surface area contributed by atoms with Crippen molar-refractivity contribution < 1.29 is 9.90 Å². The van der Waals surface area contributed by atoms with Crippen LogP contribution in [0.2, 0.25) is 0 Å². The second kappa shape index (κ2) is 3.90. The molecule has 1 atom stereocenters. The Kier molecular flexibility index (Phi) is 2.57. The lowest BCUT2D eigenvalue weighted by atomic mass is 10.2. The number of fused-ring (bicyclic) bond motifs is 1. The van der Waals surface area contributed by atoms with Gasteiger partial charge in [-0.15, -0.1) is 0 Å². The highest BCUT2D eigenvalue weighted by Crippen LogP contribution is 2.05. The maximum Gasteiger partial charge on any atom is 0.320 e. The van der Waals surface area contributed by atoms with Gasteiger partial charge in [-0.25, -0.2) is 9.50 Å². The number of nitrogens with zero attached hydrogens (tertiary/aromatic N) is 3. The van der Waals surface area contributed by atoms with Crippen LogP contribution in [-0.4, -0.2) is 31.7 Å². The molecule has 2 aromatic rings. The molecule has 0 fully saturated rings. The van der Waals surface area contributed by atoms with E-state index in [1.54, 1.807) is 4.52 Å². The molecule has 0 aliphatic rings. The quantitative estimate of drug-likeness (QED) is 0.758. The van der Waals surface area contributed by atoms with Crippen LogP contribution in [0, 0.1) is 6.92 Å². The van der Waals surface area contributed by atoms with Crippen molar-refractivity contribution in [1.29, 1.82) is 0 Å². The van der Waals surface area contributed by atoms with Crippen molar-refractivity contribution in [1.82, 2.24) is 14.6 Å². The second-order valence-corrected chi connectivity index (χ2v) is 3.69. The number of hydrogen-bond donors (Lipinski definition) is 2. The fourth-order valence-corrected chi connectivity index (χ4v) is 1.40. The first-order valence-electron chi connectivity index (χ1n) is 4.86. The van der Waals surface area contributed by atoms with Gasteiger partial charge >= 0.3 is 5.97 Å². The van der Waals surface area contributed by atoms with Crippen LogP contribution in [0.15, 0.2) is 18.3 Å². The van der Waals surface area contributed by atoms with E-state index in [0.29, 0.717) is 11.5 Å². The van der Waals surface area contributed by atoms with Crippen molar-refractivity contribution in [3.63, 3.8) is 0 Å². The minimum Gasteiger partial charge on any atom is -0.480 e. The molecule has 3 N–H and O–H groups in total. The zero-order valence-corrected chi connectivity index (χ0v) is 8.79. The Hall–Kier alpha value is -1.95. The lowest BCUT2D eigenvalue weighted by Crippen LogP contribution is -2.32. The van der Waals surface area contributed by atoms with Gasteiger partial charge < -0.3 is 10.8 Å². The van der Waals surface area contributed by atoms with Crippen molar-refractivity contribution in [2.24, 2.45) is 5.73 Å². The Labute approximate surface area is 91.7 Å². The molecule has 16 heavy (non-hydrogen) atoms. The Morgan fingerprint density at radius 3 is 3.06 bits per heavy atom. The van der Waals surface area contributed by atoms with Gasteiger partial charge in [-0.2, -0.15) is 5.10 Å². The number of aliphatic carboxylic acids is 1. The molecule has 0 bridgehead atoms. The normalized spacial score (nSPS) is 12.9. The lowest BCUT2D eigenvalue weighted by Gasteiger charge is -2.00. The van der Waals surface area contributed by atoms with Crippen LogP contribution in [0.3, 0.4) is 0 Å². The minimum atomic E-state index is -1.05. The van der Waals surface area contributed by atoms with Gasteiger partial charge in [-0.05, 0) is 18.6 Å². The summed E-state index contributed by atoms with van der Waals surface area (Å²) in [5.74, 6) is -0.601. The van der Waals surface area contributed by atoms with Gasteiger partial charge in [0.25, 0.3) is 0 Å². The molecule has 84 valence electrons. The molecule has 2 heterocycles. The predicted molar refractivity (Wildman–Crippen MR) is 57.0 cm³/mol. The lowest BCUT2D eigenvalue weighted by molar-refractivity contribution is -0.138. The Morgan fingerprint density at radius 1 is 1.62 bits per heavy atom. The molecule has 0 aliphatic heterocycles. The van der Waals surface area contributed by atoms with Crippen LogP contribution in [0.4, 0.5) is 0 Å². The average Bonchev–Trinajstić information content (AvgIpc) is 2.58. The van der Waals surface area contributed by atoms with Gasteiger partial charge in [-0.1, -0.05) is 6.07 Å². The number of carbonyl (C=O) groups is 1. The average molecular weight is 220 g/mol. The molecular formula is C10H12N4O2. The van der Waals surface area contributed by atoms with Crippen molar-refractivity contribution in [3.8, 4) is 0 Å². The first-order chi connectivity index (χ1) is 7.56. The summed E-state index contributed by atoms with van der Waals surface area (Å²) in [6, 6.07) is 2.79. The zero-order chi connectivity index (χ0) is 11.7. The smallest absolute Gasteiger partial charge is 0.320 e. The summed E-state index contributed by atoms with van der Waals surface area (Å²) in [7, 11) is 0. The Morgan fingerprint density at radius 2 is 2.38 bits per heavy atom. The van der Waals surface area contributed by atoms with Gasteiger partial charge in [0.1, 0.15) is 6.04 Å². The molecule has 2 aromatic heterocycles. The molecular weight excluding hydrogens is 208 g/mol. The zero-order valence-electron chi connectivity index (χ0n) is 8.79. The number of nitrogens with two attached hydrogens (primary N) is 1. The molecule has 0 saturated carbocycles. The number of hydrogen-bond acceptors (Lipinski definition) is 4. The predicted octanol–water partition coefficient (Wildman–Crippen LogP) is -0.00788. The van der Waals surface area contributed by atoms with Gasteiger partial charge in [0.15, 0.2) is 11.5 Å². The summed E-state index contributed by atoms with van der Waals surface area (Å²) in [5, 5.41) is 12.8. The van der Waals surface area contributed by atoms with Crippen molar-refractivity contribution in [2.75, 3.05) is 0 Å². The second-order valence-electron chi connectivity index (χ2n) is 3.69. The van der Waals surface area contributed by atoms with Crippen LogP contribution < -0.4 is 5.73 Å². The van der Waals surface area contributed by atoms with Gasteiger partial charge in [-0.3, -0.25) is 4.79 Å². The van der Waals surface area contributed by atoms with E-state index in [9.17, 15) is 4.79 Å². The van der Waals surface area contributed by atoms with E-state index in [-0.39, 0.29) is 6.42 Å². The van der Waals surface area contributed by atoms with Crippen LogP contribution in [0.5, 0.6) is 0 Å². The molecule has 2 rings (SSSR count). The van der Waals surface area contributed by atoms with Gasteiger partial charge in [0, 0.05) is 12.6 Å². The number of rotatable bonds is 3.